The van der Waals surface area contributed by atoms with Crippen LogP contribution in [0.3, 0.4) is 0 Å². The lowest BCUT2D eigenvalue weighted by Gasteiger charge is -2.10. The lowest BCUT2D eigenvalue weighted by molar-refractivity contribution is -0.186. The van der Waals surface area contributed by atoms with Gasteiger partial charge in [0.1, 0.15) is 12.4 Å². The van der Waals surface area contributed by atoms with Gasteiger partial charge in [0.15, 0.2) is 6.79 Å². The van der Waals surface area contributed by atoms with E-state index in [1.54, 1.807) is 6.92 Å². The van der Waals surface area contributed by atoms with E-state index in [1.807, 2.05) is 0 Å². The molecular weight excluding hydrogens is 253 g/mol. The highest BCUT2D eigenvalue weighted by molar-refractivity contribution is 5.89. The highest BCUT2D eigenvalue weighted by Crippen LogP contribution is 2.18. The minimum Gasteiger partial charge on any atom is -0.478 e. The Hall–Kier alpha value is -1.76. The summed E-state index contributed by atoms with van der Waals surface area (Å²) in [5.41, 5.74) is 0.564. The predicted octanol–water partition coefficient (Wildman–Crippen LogP) is 2.61. The van der Waals surface area contributed by atoms with Crippen molar-refractivity contribution in [2.75, 3.05) is 13.4 Å². The number of aromatic carboxylic acids is 1. The van der Waals surface area contributed by atoms with Crippen LogP contribution < -0.4 is 4.74 Å². The zero-order valence-corrected chi connectivity index (χ0v) is 9.45. The zero-order valence-electron chi connectivity index (χ0n) is 9.45. The maximum Gasteiger partial charge on any atom is 0.411 e. The first-order valence-corrected chi connectivity index (χ1v) is 4.91. The monoisotopic (exact) mass is 264 g/mol. The maximum absolute atomic E-state index is 11.7. The van der Waals surface area contributed by atoms with E-state index in [1.165, 1.54) is 18.2 Å². The molecule has 0 bridgehead atoms. The van der Waals surface area contributed by atoms with Crippen LogP contribution in [0.2, 0.25) is 0 Å². The van der Waals surface area contributed by atoms with Crippen molar-refractivity contribution in [2.45, 2.75) is 13.1 Å². The van der Waals surface area contributed by atoms with Gasteiger partial charge in [-0.3, -0.25) is 0 Å². The summed E-state index contributed by atoms with van der Waals surface area (Å²) < 4.78 is 44.4. The molecule has 0 heterocycles. The average molecular weight is 264 g/mol. The third-order valence-electron chi connectivity index (χ3n) is 2.00. The number of hydrogen-bond donors (Lipinski definition) is 1. The number of halogens is 3. The minimum absolute atomic E-state index is 0.110. The van der Waals surface area contributed by atoms with Gasteiger partial charge in [0.25, 0.3) is 0 Å². The fourth-order valence-electron chi connectivity index (χ4n) is 1.23. The number of benzene rings is 1. The molecule has 0 aliphatic heterocycles. The van der Waals surface area contributed by atoms with E-state index in [-0.39, 0.29) is 11.3 Å². The number of carboxylic acid groups (broad SMARTS) is 1. The topological polar surface area (TPSA) is 55.8 Å². The smallest absolute Gasteiger partial charge is 0.411 e. The maximum atomic E-state index is 11.7. The van der Waals surface area contributed by atoms with E-state index >= 15 is 0 Å². The molecule has 0 aliphatic rings. The molecule has 0 radical (unpaired) electrons. The summed E-state index contributed by atoms with van der Waals surface area (Å²) in [5, 5.41) is 8.77. The van der Waals surface area contributed by atoms with E-state index in [0.717, 1.165) is 0 Å². The second-order valence-electron chi connectivity index (χ2n) is 3.51. The molecule has 100 valence electrons. The van der Waals surface area contributed by atoms with Crippen LogP contribution in [-0.2, 0) is 4.74 Å². The van der Waals surface area contributed by atoms with Crippen LogP contribution in [0.1, 0.15) is 15.9 Å². The number of hydrogen-bond acceptors (Lipinski definition) is 3. The standard InChI is InChI=1S/C11H11F3O4/c1-7-4-8(2-3-9(7)10(15)16)18-6-17-5-11(12,13)14/h2-4H,5-6H2,1H3,(H,15,16). The fraction of sp³-hybridized carbons (Fsp3) is 0.364. The van der Waals surface area contributed by atoms with Gasteiger partial charge in [-0.05, 0) is 30.7 Å². The summed E-state index contributed by atoms with van der Waals surface area (Å²) in [6, 6.07) is 4.09. The predicted molar refractivity (Wildman–Crippen MR) is 55.6 cm³/mol. The van der Waals surface area contributed by atoms with Crippen molar-refractivity contribution < 1.29 is 32.5 Å². The van der Waals surface area contributed by atoms with Gasteiger partial charge in [-0.15, -0.1) is 0 Å². The average Bonchev–Trinajstić information content (AvgIpc) is 2.22. The number of alkyl halides is 3. The number of ether oxygens (including phenoxy) is 2. The van der Waals surface area contributed by atoms with Crippen LogP contribution >= 0.6 is 0 Å². The zero-order chi connectivity index (χ0) is 13.8. The number of aryl methyl sites for hydroxylation is 1. The summed E-state index contributed by atoms with van der Waals surface area (Å²) in [4.78, 5) is 10.7. The van der Waals surface area contributed by atoms with Crippen LogP contribution in [-0.4, -0.2) is 30.7 Å². The van der Waals surface area contributed by atoms with E-state index < -0.39 is 25.5 Å². The molecule has 0 atom stereocenters. The van der Waals surface area contributed by atoms with E-state index in [0.29, 0.717) is 5.56 Å². The summed E-state index contributed by atoms with van der Waals surface area (Å²) in [5.74, 6) is -0.827. The molecule has 1 aromatic carbocycles. The fourth-order valence-corrected chi connectivity index (χ4v) is 1.23. The molecule has 18 heavy (non-hydrogen) atoms. The minimum atomic E-state index is -4.40. The van der Waals surface area contributed by atoms with Crippen LogP contribution in [0.15, 0.2) is 18.2 Å². The molecule has 0 spiro atoms. The van der Waals surface area contributed by atoms with Crippen molar-refractivity contribution in [3.05, 3.63) is 29.3 Å². The van der Waals surface area contributed by atoms with Crippen molar-refractivity contribution >= 4 is 5.97 Å². The molecular formula is C11H11F3O4. The molecule has 0 aromatic heterocycles. The highest BCUT2D eigenvalue weighted by Gasteiger charge is 2.27. The van der Waals surface area contributed by atoms with E-state index in [4.69, 9.17) is 9.84 Å². The molecule has 1 aromatic rings. The Kier molecular flexibility index (Phi) is 4.55. The molecule has 7 heteroatoms. The summed E-state index contributed by atoms with van der Waals surface area (Å²) in [6.07, 6.45) is -4.40. The summed E-state index contributed by atoms with van der Waals surface area (Å²) in [6.45, 7) is -0.378. The van der Waals surface area contributed by atoms with Gasteiger partial charge in [-0.25, -0.2) is 4.79 Å². The Morgan fingerprint density at radius 3 is 2.56 bits per heavy atom. The second kappa shape index (κ2) is 5.72. The van der Waals surface area contributed by atoms with Crippen molar-refractivity contribution in [2.24, 2.45) is 0 Å². The van der Waals surface area contributed by atoms with Gasteiger partial charge in [0.05, 0.1) is 5.56 Å². The van der Waals surface area contributed by atoms with Gasteiger partial charge in [0, 0.05) is 0 Å². The second-order valence-corrected chi connectivity index (χ2v) is 3.51. The molecule has 0 aliphatic carbocycles. The van der Waals surface area contributed by atoms with Gasteiger partial charge in [-0.1, -0.05) is 0 Å². The summed E-state index contributed by atoms with van der Waals surface area (Å²) >= 11 is 0. The van der Waals surface area contributed by atoms with Gasteiger partial charge in [-0.2, -0.15) is 13.2 Å². The quantitative estimate of drug-likeness (QED) is 0.656. The first kappa shape index (κ1) is 14.3. The molecule has 0 saturated carbocycles. The van der Waals surface area contributed by atoms with Crippen LogP contribution in [0.4, 0.5) is 13.2 Å². The first-order chi connectivity index (χ1) is 8.29. The molecule has 0 unspecified atom stereocenters. The third kappa shape index (κ3) is 4.62. The van der Waals surface area contributed by atoms with Crippen LogP contribution in [0, 0.1) is 6.92 Å². The molecule has 1 N–H and O–H groups in total. The van der Waals surface area contributed by atoms with Gasteiger partial charge >= 0.3 is 12.1 Å². The molecule has 0 fully saturated rings. The Morgan fingerprint density at radius 2 is 2.06 bits per heavy atom. The number of rotatable bonds is 5. The van der Waals surface area contributed by atoms with Crippen LogP contribution in [0.5, 0.6) is 5.75 Å². The van der Waals surface area contributed by atoms with Crippen molar-refractivity contribution in [1.82, 2.24) is 0 Å². The lowest BCUT2D eigenvalue weighted by atomic mass is 10.1. The third-order valence-corrected chi connectivity index (χ3v) is 2.00. The van der Waals surface area contributed by atoms with Gasteiger partial charge < -0.3 is 14.6 Å². The highest BCUT2D eigenvalue weighted by atomic mass is 19.4. The molecule has 0 saturated heterocycles. The van der Waals surface area contributed by atoms with E-state index in [2.05, 4.69) is 4.74 Å². The van der Waals surface area contributed by atoms with Crippen molar-refractivity contribution in [3.8, 4) is 5.75 Å². The van der Waals surface area contributed by atoms with Gasteiger partial charge in [0.2, 0.25) is 0 Å². The Labute approximate surface area is 101 Å². The number of carboxylic acids is 1. The largest absolute Gasteiger partial charge is 0.478 e. The molecule has 0 amide bonds. The lowest BCUT2D eigenvalue weighted by Crippen LogP contribution is -2.19. The van der Waals surface area contributed by atoms with Crippen molar-refractivity contribution in [3.63, 3.8) is 0 Å². The van der Waals surface area contributed by atoms with Crippen molar-refractivity contribution in [1.29, 1.82) is 0 Å². The molecule has 4 nitrogen and oxygen atoms in total. The summed E-state index contributed by atoms with van der Waals surface area (Å²) in [7, 11) is 0. The normalized spacial score (nSPS) is 11.3. The Bertz CT molecular complexity index is 429. The first-order valence-electron chi connectivity index (χ1n) is 4.91. The van der Waals surface area contributed by atoms with E-state index in [9.17, 15) is 18.0 Å². The molecule has 1 rings (SSSR count). The van der Waals surface area contributed by atoms with Crippen LogP contribution in [0.25, 0.3) is 0 Å². The Morgan fingerprint density at radius 1 is 1.39 bits per heavy atom. The SMILES string of the molecule is Cc1cc(OCOCC(F)(F)F)ccc1C(=O)O. The number of carbonyl (C=O) groups is 1. The Balaban J connectivity index is 2.49.